The van der Waals surface area contributed by atoms with Gasteiger partial charge in [0.2, 0.25) is 5.89 Å². The van der Waals surface area contributed by atoms with E-state index in [0.717, 1.165) is 5.56 Å². The first-order valence-corrected chi connectivity index (χ1v) is 7.32. The van der Waals surface area contributed by atoms with Gasteiger partial charge >= 0.3 is 0 Å². The van der Waals surface area contributed by atoms with Crippen LogP contribution in [0.3, 0.4) is 0 Å². The van der Waals surface area contributed by atoms with Gasteiger partial charge in [0.1, 0.15) is 17.9 Å². The minimum Gasteiger partial charge on any atom is -0.444 e. The van der Waals surface area contributed by atoms with Crippen LogP contribution in [0.1, 0.15) is 16.1 Å². The van der Waals surface area contributed by atoms with Crippen molar-refractivity contribution in [1.29, 1.82) is 0 Å². The van der Waals surface area contributed by atoms with Crippen molar-refractivity contribution in [2.24, 2.45) is 0 Å². The number of nitrogens with zero attached hydrogens (tertiary/aromatic N) is 2. The summed E-state index contributed by atoms with van der Waals surface area (Å²) in [6, 6.07) is 9.49. The molecule has 0 fully saturated rings. The van der Waals surface area contributed by atoms with E-state index in [1.807, 2.05) is 0 Å². The number of oxazole rings is 1. The largest absolute Gasteiger partial charge is 0.444 e. The molecule has 24 heavy (non-hydrogen) atoms. The lowest BCUT2D eigenvalue weighted by Gasteiger charge is -2.03. The van der Waals surface area contributed by atoms with E-state index in [9.17, 15) is 9.18 Å². The van der Waals surface area contributed by atoms with E-state index in [1.54, 1.807) is 24.3 Å². The molecule has 0 saturated carbocycles. The molecule has 3 rings (SSSR count). The molecule has 0 bridgehead atoms. The van der Waals surface area contributed by atoms with Crippen LogP contribution in [0.5, 0.6) is 0 Å². The van der Waals surface area contributed by atoms with Crippen LogP contribution < -0.4 is 11.1 Å². The number of anilines is 1. The monoisotopic (exact) mass is 326 g/mol. The van der Waals surface area contributed by atoms with Crippen LogP contribution >= 0.6 is 0 Å². The first-order valence-electron chi connectivity index (χ1n) is 7.32. The van der Waals surface area contributed by atoms with Crippen molar-refractivity contribution >= 4 is 11.7 Å². The molecule has 0 atom stereocenters. The van der Waals surface area contributed by atoms with Gasteiger partial charge in [-0.05, 0) is 36.2 Å². The molecule has 2 aromatic heterocycles. The second-order valence-corrected chi connectivity index (χ2v) is 5.14. The number of aromatic nitrogens is 2. The van der Waals surface area contributed by atoms with Gasteiger partial charge in [-0.3, -0.25) is 4.79 Å². The molecule has 6 nitrogen and oxygen atoms in total. The fourth-order valence-electron chi connectivity index (χ4n) is 2.10. The second kappa shape index (κ2) is 6.91. The number of amides is 1. The maximum absolute atomic E-state index is 12.8. The molecule has 3 N–H and O–H groups in total. The summed E-state index contributed by atoms with van der Waals surface area (Å²) in [5.41, 5.74) is 7.27. The number of nitrogen functional groups attached to an aromatic ring is 1. The highest BCUT2D eigenvalue weighted by Gasteiger charge is 2.13. The van der Waals surface area contributed by atoms with Crippen molar-refractivity contribution in [2.45, 2.75) is 6.42 Å². The molecule has 0 saturated heterocycles. The number of hydrogen-bond donors (Lipinski definition) is 2. The third kappa shape index (κ3) is 3.75. The Balaban J connectivity index is 1.57. The summed E-state index contributed by atoms with van der Waals surface area (Å²) in [6.45, 7) is 0.413. The smallest absolute Gasteiger partial charge is 0.273 e. The second-order valence-electron chi connectivity index (χ2n) is 5.14. The maximum Gasteiger partial charge on any atom is 0.273 e. The van der Waals surface area contributed by atoms with Gasteiger partial charge < -0.3 is 15.5 Å². The molecule has 2 heterocycles. The molecular weight excluding hydrogens is 311 g/mol. The molecule has 0 radical (unpaired) electrons. The van der Waals surface area contributed by atoms with E-state index in [-0.39, 0.29) is 17.4 Å². The zero-order chi connectivity index (χ0) is 16.9. The van der Waals surface area contributed by atoms with Crippen molar-refractivity contribution in [3.63, 3.8) is 0 Å². The number of halogens is 1. The number of benzene rings is 1. The first kappa shape index (κ1) is 15.7. The summed E-state index contributed by atoms with van der Waals surface area (Å²) in [7, 11) is 0. The molecule has 0 aliphatic heterocycles. The summed E-state index contributed by atoms with van der Waals surface area (Å²) in [4.78, 5) is 20.1. The van der Waals surface area contributed by atoms with Crippen molar-refractivity contribution < 1.29 is 13.6 Å². The highest BCUT2D eigenvalue weighted by atomic mass is 19.1. The van der Waals surface area contributed by atoms with Gasteiger partial charge in [0, 0.05) is 12.7 Å². The third-order valence-electron chi connectivity index (χ3n) is 3.38. The van der Waals surface area contributed by atoms with Gasteiger partial charge in [0.05, 0.1) is 5.56 Å². The molecule has 0 spiro atoms. The Labute approximate surface area is 137 Å². The number of hydrogen-bond acceptors (Lipinski definition) is 5. The number of nitrogens with two attached hydrogens (primary N) is 1. The summed E-state index contributed by atoms with van der Waals surface area (Å²) in [6.07, 6.45) is 3.41. The Hall–Kier alpha value is -3.22. The Kier molecular flexibility index (Phi) is 4.51. The summed E-state index contributed by atoms with van der Waals surface area (Å²) >= 11 is 0. The van der Waals surface area contributed by atoms with Crippen LogP contribution in [0.25, 0.3) is 11.5 Å². The fraction of sp³-hybridized carbons (Fsp3) is 0.118. The lowest BCUT2D eigenvalue weighted by atomic mass is 10.1. The van der Waals surface area contributed by atoms with Crippen LogP contribution in [-0.2, 0) is 6.42 Å². The van der Waals surface area contributed by atoms with Crippen molar-refractivity contribution in [2.75, 3.05) is 12.3 Å². The number of carbonyl (C=O) groups is 1. The molecular formula is C17H15FN4O2. The lowest BCUT2D eigenvalue weighted by Crippen LogP contribution is -2.25. The van der Waals surface area contributed by atoms with Gasteiger partial charge in [0.25, 0.3) is 5.91 Å². The lowest BCUT2D eigenvalue weighted by molar-refractivity contribution is 0.0949. The molecule has 0 aliphatic carbocycles. The molecule has 122 valence electrons. The van der Waals surface area contributed by atoms with E-state index >= 15 is 0 Å². The predicted octanol–water partition coefficient (Wildman–Crippen LogP) is 2.43. The number of nitrogens with one attached hydrogen (secondary N) is 1. The standard InChI is InChI=1S/C17H15FN4O2/c18-13-4-1-11(2-5-13)7-8-20-16(23)14-10-24-17(22-14)12-3-6-15(19)21-9-12/h1-6,9-10H,7-8H2,(H2,19,21)(H,20,23). The minimum absolute atomic E-state index is 0.181. The zero-order valence-electron chi connectivity index (χ0n) is 12.7. The Bertz CT molecular complexity index is 829. The van der Waals surface area contributed by atoms with Gasteiger partial charge in [-0.2, -0.15) is 0 Å². The molecule has 0 unspecified atom stereocenters. The van der Waals surface area contributed by atoms with Crippen molar-refractivity contribution in [3.05, 3.63) is 65.9 Å². The fourth-order valence-corrected chi connectivity index (χ4v) is 2.10. The third-order valence-corrected chi connectivity index (χ3v) is 3.38. The minimum atomic E-state index is -0.337. The van der Waals surface area contributed by atoms with Gasteiger partial charge in [0.15, 0.2) is 5.69 Å². The summed E-state index contributed by atoms with van der Waals surface area (Å²) < 4.78 is 18.1. The van der Waals surface area contributed by atoms with Crippen molar-refractivity contribution in [1.82, 2.24) is 15.3 Å². The van der Waals surface area contributed by atoms with Crippen LogP contribution in [0.15, 0.2) is 53.3 Å². The molecule has 3 aromatic rings. The topological polar surface area (TPSA) is 94.0 Å². The van der Waals surface area contributed by atoms with E-state index in [1.165, 1.54) is 24.6 Å². The molecule has 0 aliphatic rings. The molecule has 1 amide bonds. The number of pyridine rings is 1. The number of carbonyl (C=O) groups excluding carboxylic acids is 1. The molecule has 1 aromatic carbocycles. The SMILES string of the molecule is Nc1ccc(-c2nc(C(=O)NCCc3ccc(F)cc3)co2)cn1. The average Bonchev–Trinajstić information content (AvgIpc) is 3.07. The van der Waals surface area contributed by atoms with E-state index in [4.69, 9.17) is 10.2 Å². The zero-order valence-corrected chi connectivity index (χ0v) is 12.7. The predicted molar refractivity (Wildman–Crippen MR) is 86.6 cm³/mol. The van der Waals surface area contributed by atoms with Crippen LogP contribution in [0.2, 0.25) is 0 Å². The molecule has 7 heteroatoms. The maximum atomic E-state index is 12.8. The van der Waals surface area contributed by atoms with Gasteiger partial charge in [-0.25, -0.2) is 14.4 Å². The first-order chi connectivity index (χ1) is 11.6. The van der Waals surface area contributed by atoms with Crippen LogP contribution in [0.4, 0.5) is 10.2 Å². The van der Waals surface area contributed by atoms with Crippen molar-refractivity contribution in [3.8, 4) is 11.5 Å². The quantitative estimate of drug-likeness (QED) is 0.751. The normalized spacial score (nSPS) is 10.5. The average molecular weight is 326 g/mol. The Morgan fingerprint density at radius 2 is 2.00 bits per heavy atom. The van der Waals surface area contributed by atoms with E-state index in [0.29, 0.717) is 30.2 Å². The van der Waals surface area contributed by atoms with Gasteiger partial charge in [-0.15, -0.1) is 0 Å². The van der Waals surface area contributed by atoms with Gasteiger partial charge in [-0.1, -0.05) is 12.1 Å². The van der Waals surface area contributed by atoms with E-state index in [2.05, 4.69) is 15.3 Å². The number of rotatable bonds is 5. The Morgan fingerprint density at radius 3 is 2.71 bits per heavy atom. The highest BCUT2D eigenvalue weighted by Crippen LogP contribution is 2.18. The highest BCUT2D eigenvalue weighted by molar-refractivity contribution is 5.92. The summed E-state index contributed by atoms with van der Waals surface area (Å²) in [5.74, 6) is 0.0702. The van der Waals surface area contributed by atoms with Crippen LogP contribution in [-0.4, -0.2) is 22.4 Å². The van der Waals surface area contributed by atoms with E-state index < -0.39 is 0 Å². The Morgan fingerprint density at radius 1 is 1.21 bits per heavy atom. The van der Waals surface area contributed by atoms with Crippen LogP contribution in [0, 0.1) is 5.82 Å². The summed E-state index contributed by atoms with van der Waals surface area (Å²) in [5, 5.41) is 2.75.